The summed E-state index contributed by atoms with van der Waals surface area (Å²) in [6.07, 6.45) is 11.1. The van der Waals surface area contributed by atoms with Gasteiger partial charge in [0.25, 0.3) is 11.8 Å². The monoisotopic (exact) mass is 444 g/mol. The Balaban J connectivity index is 1.37. The third-order valence-corrected chi connectivity index (χ3v) is 6.59. The third-order valence-electron chi connectivity index (χ3n) is 6.59. The molecular weight excluding hydrogens is 416 g/mol. The molecule has 2 N–H and O–H groups in total. The maximum atomic E-state index is 13.1. The first-order chi connectivity index (χ1) is 16.2. The van der Waals surface area contributed by atoms with Crippen molar-refractivity contribution in [3.63, 3.8) is 0 Å². The van der Waals surface area contributed by atoms with Crippen LogP contribution >= 0.6 is 0 Å². The Morgan fingerprint density at radius 2 is 1.73 bits per heavy atom. The number of nitrogens with one attached hydrogen (secondary N) is 2. The number of rotatable bonds is 7. The molecule has 0 saturated heterocycles. The zero-order valence-corrected chi connectivity index (χ0v) is 18.5. The molecule has 3 aromatic rings. The van der Waals surface area contributed by atoms with Gasteiger partial charge in [-0.25, -0.2) is 0 Å². The van der Waals surface area contributed by atoms with E-state index in [1.807, 2.05) is 18.2 Å². The first-order valence-corrected chi connectivity index (χ1v) is 11.8. The van der Waals surface area contributed by atoms with Crippen LogP contribution in [0, 0.1) is 5.92 Å². The fourth-order valence-corrected chi connectivity index (χ4v) is 4.62. The molecule has 7 nitrogen and oxygen atoms in total. The second-order valence-electron chi connectivity index (χ2n) is 9.05. The molecule has 5 rings (SSSR count). The number of nitrogens with zero attached hydrogens (tertiary/aromatic N) is 2. The van der Waals surface area contributed by atoms with Crippen molar-refractivity contribution in [1.82, 2.24) is 15.5 Å². The SMILES string of the molecule is O=C(Nc1ccncc1)c1cccc(C(NC(=O)c2cc(C3CC3)on2)C2CCCCC2)c1. The lowest BCUT2D eigenvalue weighted by Gasteiger charge is -2.31. The maximum absolute atomic E-state index is 13.1. The lowest BCUT2D eigenvalue weighted by Crippen LogP contribution is -2.34. The Labute approximate surface area is 193 Å². The molecule has 0 spiro atoms. The number of carbonyl (C=O) groups excluding carboxylic acids is 2. The van der Waals surface area contributed by atoms with Crippen LogP contribution in [-0.4, -0.2) is 22.0 Å². The van der Waals surface area contributed by atoms with Crippen LogP contribution in [0.25, 0.3) is 0 Å². The van der Waals surface area contributed by atoms with Crippen LogP contribution in [0.5, 0.6) is 0 Å². The number of benzene rings is 1. The standard InChI is InChI=1S/C26H28N4O3/c31-25(28-21-11-13-27-14-12-21)20-8-4-7-19(15-20)24(18-5-2-1-3-6-18)29-26(32)22-16-23(33-30-22)17-9-10-17/h4,7-8,11-18,24H,1-3,5-6,9-10H2,(H,29,32)(H,27,28,31). The summed E-state index contributed by atoms with van der Waals surface area (Å²) in [4.78, 5) is 29.9. The zero-order valence-electron chi connectivity index (χ0n) is 18.5. The molecule has 2 amide bonds. The molecule has 2 aromatic heterocycles. The summed E-state index contributed by atoms with van der Waals surface area (Å²) in [6, 6.07) is 12.6. The Kier molecular flexibility index (Phi) is 6.19. The van der Waals surface area contributed by atoms with Gasteiger partial charge in [0.1, 0.15) is 5.76 Å². The van der Waals surface area contributed by atoms with Crippen molar-refractivity contribution >= 4 is 17.5 Å². The molecule has 1 unspecified atom stereocenters. The van der Waals surface area contributed by atoms with E-state index >= 15 is 0 Å². The number of hydrogen-bond acceptors (Lipinski definition) is 5. The van der Waals surface area contributed by atoms with E-state index in [2.05, 4.69) is 20.8 Å². The predicted molar refractivity (Wildman–Crippen MR) is 124 cm³/mol. The van der Waals surface area contributed by atoms with Gasteiger partial charge in [-0.2, -0.15) is 0 Å². The summed E-state index contributed by atoms with van der Waals surface area (Å²) in [5.74, 6) is 1.10. The van der Waals surface area contributed by atoms with Crippen LogP contribution in [0.15, 0.2) is 59.4 Å². The molecule has 0 aliphatic heterocycles. The van der Waals surface area contributed by atoms with Gasteiger partial charge in [0.05, 0.1) is 6.04 Å². The molecule has 2 saturated carbocycles. The minimum atomic E-state index is -0.229. The van der Waals surface area contributed by atoms with E-state index in [0.717, 1.165) is 49.8 Å². The zero-order chi connectivity index (χ0) is 22.6. The highest BCUT2D eigenvalue weighted by Crippen LogP contribution is 2.40. The van der Waals surface area contributed by atoms with Crippen molar-refractivity contribution in [3.8, 4) is 0 Å². The number of pyridine rings is 1. The number of hydrogen-bond donors (Lipinski definition) is 2. The van der Waals surface area contributed by atoms with Crippen LogP contribution in [0.1, 0.15) is 89.1 Å². The first kappa shape index (κ1) is 21.4. The molecule has 170 valence electrons. The molecule has 2 heterocycles. The number of carbonyl (C=O) groups is 2. The average molecular weight is 445 g/mol. The van der Waals surface area contributed by atoms with Crippen molar-refractivity contribution in [2.75, 3.05) is 5.32 Å². The second kappa shape index (κ2) is 9.57. The lowest BCUT2D eigenvalue weighted by atomic mass is 9.80. The Morgan fingerprint density at radius 1 is 0.939 bits per heavy atom. The quantitative estimate of drug-likeness (QED) is 0.519. The predicted octanol–water partition coefficient (Wildman–Crippen LogP) is 5.25. The summed E-state index contributed by atoms with van der Waals surface area (Å²) < 4.78 is 5.38. The fourth-order valence-electron chi connectivity index (χ4n) is 4.62. The number of aromatic nitrogens is 2. The van der Waals surface area contributed by atoms with E-state index in [0.29, 0.717) is 28.8 Å². The van der Waals surface area contributed by atoms with E-state index in [1.54, 1.807) is 36.7 Å². The highest BCUT2D eigenvalue weighted by atomic mass is 16.5. The van der Waals surface area contributed by atoms with Crippen molar-refractivity contribution in [2.45, 2.75) is 56.9 Å². The molecule has 1 atom stereocenters. The first-order valence-electron chi connectivity index (χ1n) is 11.8. The third kappa shape index (κ3) is 5.13. The molecule has 1 aromatic carbocycles. The summed E-state index contributed by atoms with van der Waals surface area (Å²) >= 11 is 0. The molecule has 33 heavy (non-hydrogen) atoms. The Morgan fingerprint density at radius 3 is 2.48 bits per heavy atom. The van der Waals surface area contributed by atoms with Gasteiger partial charge < -0.3 is 15.2 Å². The smallest absolute Gasteiger partial charge is 0.273 e. The van der Waals surface area contributed by atoms with Crippen LogP contribution in [0.2, 0.25) is 0 Å². The summed E-state index contributed by atoms with van der Waals surface area (Å²) in [5, 5.41) is 10.1. The minimum Gasteiger partial charge on any atom is -0.360 e. The van der Waals surface area contributed by atoms with Crippen molar-refractivity contribution in [2.24, 2.45) is 5.92 Å². The normalized spacial score (nSPS) is 17.3. The average Bonchev–Trinajstić information content (AvgIpc) is 3.59. The van der Waals surface area contributed by atoms with E-state index in [4.69, 9.17) is 4.52 Å². The van der Waals surface area contributed by atoms with Gasteiger partial charge in [-0.05, 0) is 61.4 Å². The number of amides is 2. The van der Waals surface area contributed by atoms with E-state index in [9.17, 15) is 9.59 Å². The van der Waals surface area contributed by atoms with Crippen molar-refractivity contribution < 1.29 is 14.1 Å². The minimum absolute atomic E-state index is 0.187. The molecule has 7 heteroatoms. The van der Waals surface area contributed by atoms with Gasteiger partial charge in [-0.1, -0.05) is 36.6 Å². The molecule has 2 aliphatic carbocycles. The fraction of sp³-hybridized carbons (Fsp3) is 0.385. The van der Waals surface area contributed by atoms with Crippen LogP contribution < -0.4 is 10.6 Å². The van der Waals surface area contributed by atoms with Gasteiger partial charge >= 0.3 is 0 Å². The van der Waals surface area contributed by atoms with Crippen molar-refractivity contribution in [3.05, 3.63) is 77.4 Å². The van der Waals surface area contributed by atoms with Gasteiger partial charge in [0, 0.05) is 35.6 Å². The van der Waals surface area contributed by atoms with Gasteiger partial charge in [-0.15, -0.1) is 0 Å². The van der Waals surface area contributed by atoms with Crippen LogP contribution in [0.3, 0.4) is 0 Å². The highest BCUT2D eigenvalue weighted by molar-refractivity contribution is 6.04. The molecule has 0 radical (unpaired) electrons. The van der Waals surface area contributed by atoms with Gasteiger partial charge in [0.15, 0.2) is 5.69 Å². The number of anilines is 1. The highest BCUT2D eigenvalue weighted by Gasteiger charge is 2.31. The summed E-state index contributed by atoms with van der Waals surface area (Å²) in [6.45, 7) is 0. The van der Waals surface area contributed by atoms with Crippen molar-refractivity contribution in [1.29, 1.82) is 0 Å². The second-order valence-corrected chi connectivity index (χ2v) is 9.05. The molecule has 0 bridgehead atoms. The van der Waals surface area contributed by atoms with E-state index < -0.39 is 0 Å². The topological polar surface area (TPSA) is 97.1 Å². The van der Waals surface area contributed by atoms with E-state index in [-0.39, 0.29) is 17.9 Å². The molecular formula is C26H28N4O3. The Hall–Kier alpha value is -3.48. The van der Waals surface area contributed by atoms with E-state index in [1.165, 1.54) is 6.42 Å². The lowest BCUT2D eigenvalue weighted by molar-refractivity contribution is 0.0903. The summed E-state index contributed by atoms with van der Waals surface area (Å²) in [7, 11) is 0. The van der Waals surface area contributed by atoms with Crippen LogP contribution in [0.4, 0.5) is 5.69 Å². The molecule has 2 fully saturated rings. The van der Waals surface area contributed by atoms with Gasteiger partial charge in [-0.3, -0.25) is 14.6 Å². The maximum Gasteiger partial charge on any atom is 0.273 e. The largest absolute Gasteiger partial charge is 0.360 e. The molecule has 2 aliphatic rings. The van der Waals surface area contributed by atoms with Crippen LogP contribution in [-0.2, 0) is 0 Å². The summed E-state index contributed by atoms with van der Waals surface area (Å²) in [5.41, 5.74) is 2.50. The Bertz CT molecular complexity index is 1120. The van der Waals surface area contributed by atoms with Gasteiger partial charge in [0.2, 0.25) is 0 Å².